The van der Waals surface area contributed by atoms with E-state index in [-0.39, 0.29) is 33.1 Å². The molecule has 0 atom stereocenters. The van der Waals surface area contributed by atoms with Gasteiger partial charge in [-0.3, -0.25) is 24.6 Å². The molecular weight excluding hydrogens is 442 g/mol. The zero-order valence-corrected chi connectivity index (χ0v) is 16.5. The zero-order chi connectivity index (χ0) is 19.0. The minimum absolute atomic E-state index is 0.0381. The standard InChI is InChI=1S/C17H11BrClN3O3S/c1-22-15(24)10-4-3-9(7-11(10)16(22)25)20-17(26)21-14(23)12-6-8(18)2-5-13(12)19/h2-7H,1H3,(H2,20,21,23,26). The summed E-state index contributed by atoms with van der Waals surface area (Å²) in [7, 11) is 1.42. The van der Waals surface area contributed by atoms with Crippen LogP contribution in [0.25, 0.3) is 0 Å². The maximum Gasteiger partial charge on any atom is 0.261 e. The molecular formula is C17H11BrClN3O3S. The van der Waals surface area contributed by atoms with Crippen LogP contribution < -0.4 is 10.6 Å². The number of nitrogens with one attached hydrogen (secondary N) is 2. The first kappa shape index (κ1) is 18.5. The fourth-order valence-electron chi connectivity index (χ4n) is 2.44. The van der Waals surface area contributed by atoms with Gasteiger partial charge in [0.05, 0.1) is 21.7 Å². The van der Waals surface area contributed by atoms with Crippen molar-refractivity contribution in [1.82, 2.24) is 10.2 Å². The van der Waals surface area contributed by atoms with E-state index in [1.54, 1.807) is 24.3 Å². The number of rotatable bonds is 2. The number of imide groups is 1. The van der Waals surface area contributed by atoms with E-state index >= 15 is 0 Å². The molecule has 3 amide bonds. The molecule has 0 aliphatic carbocycles. The number of fused-ring (bicyclic) bond motifs is 1. The third kappa shape index (κ3) is 3.48. The van der Waals surface area contributed by atoms with Crippen LogP contribution in [0, 0.1) is 0 Å². The molecule has 0 saturated carbocycles. The Bertz CT molecular complexity index is 980. The highest BCUT2D eigenvalue weighted by molar-refractivity contribution is 9.10. The number of thiocarbonyl (C=S) groups is 1. The number of nitrogens with zero attached hydrogens (tertiary/aromatic N) is 1. The van der Waals surface area contributed by atoms with Gasteiger partial charge in [0.1, 0.15) is 0 Å². The normalized spacial score (nSPS) is 12.8. The number of hydrogen-bond acceptors (Lipinski definition) is 4. The quantitative estimate of drug-likeness (QED) is 0.539. The molecule has 0 unspecified atom stereocenters. The topological polar surface area (TPSA) is 78.5 Å². The van der Waals surface area contributed by atoms with Gasteiger partial charge in [0, 0.05) is 17.2 Å². The van der Waals surface area contributed by atoms with Gasteiger partial charge in [0.2, 0.25) is 0 Å². The second-order valence-corrected chi connectivity index (χ2v) is 7.19. The third-order valence-electron chi connectivity index (χ3n) is 3.75. The van der Waals surface area contributed by atoms with Crippen molar-refractivity contribution in [3.05, 3.63) is 62.6 Å². The largest absolute Gasteiger partial charge is 0.332 e. The molecule has 6 nitrogen and oxygen atoms in total. The van der Waals surface area contributed by atoms with Gasteiger partial charge in [-0.05, 0) is 48.6 Å². The minimum Gasteiger partial charge on any atom is -0.332 e. The zero-order valence-electron chi connectivity index (χ0n) is 13.3. The Hall–Kier alpha value is -2.29. The average molecular weight is 453 g/mol. The van der Waals surface area contributed by atoms with Crippen LogP contribution >= 0.6 is 39.7 Å². The van der Waals surface area contributed by atoms with E-state index in [1.807, 2.05) is 0 Å². The monoisotopic (exact) mass is 451 g/mol. The highest BCUT2D eigenvalue weighted by Gasteiger charge is 2.32. The van der Waals surface area contributed by atoms with Gasteiger partial charge in [-0.15, -0.1) is 0 Å². The van der Waals surface area contributed by atoms with Crippen molar-refractivity contribution in [2.24, 2.45) is 0 Å². The van der Waals surface area contributed by atoms with Gasteiger partial charge in [-0.2, -0.15) is 0 Å². The number of benzene rings is 2. The number of amides is 3. The molecule has 26 heavy (non-hydrogen) atoms. The van der Waals surface area contributed by atoms with E-state index < -0.39 is 5.91 Å². The number of anilines is 1. The number of carbonyl (C=O) groups is 3. The van der Waals surface area contributed by atoms with Crippen molar-refractivity contribution in [1.29, 1.82) is 0 Å². The third-order valence-corrected chi connectivity index (χ3v) is 4.77. The lowest BCUT2D eigenvalue weighted by Crippen LogP contribution is -2.34. The van der Waals surface area contributed by atoms with Crippen molar-refractivity contribution in [3.63, 3.8) is 0 Å². The smallest absolute Gasteiger partial charge is 0.261 e. The molecule has 1 heterocycles. The van der Waals surface area contributed by atoms with Crippen molar-refractivity contribution < 1.29 is 14.4 Å². The van der Waals surface area contributed by atoms with Gasteiger partial charge in [0.15, 0.2) is 5.11 Å². The lowest BCUT2D eigenvalue weighted by molar-refractivity contribution is 0.0692. The average Bonchev–Trinajstić information content (AvgIpc) is 2.81. The minimum atomic E-state index is -0.471. The molecule has 2 N–H and O–H groups in total. The second-order valence-electron chi connectivity index (χ2n) is 5.46. The molecule has 1 aliphatic heterocycles. The molecule has 1 aliphatic rings. The summed E-state index contributed by atoms with van der Waals surface area (Å²) in [6.07, 6.45) is 0. The molecule has 9 heteroatoms. The van der Waals surface area contributed by atoms with E-state index in [2.05, 4.69) is 26.6 Å². The van der Waals surface area contributed by atoms with Crippen LogP contribution in [-0.2, 0) is 0 Å². The number of halogens is 2. The molecule has 0 radical (unpaired) electrons. The highest BCUT2D eigenvalue weighted by Crippen LogP contribution is 2.25. The SMILES string of the molecule is CN1C(=O)c2ccc(NC(=S)NC(=O)c3cc(Br)ccc3Cl)cc2C1=O. The first-order valence-corrected chi connectivity index (χ1v) is 8.89. The van der Waals surface area contributed by atoms with Crippen molar-refractivity contribution in [2.45, 2.75) is 0 Å². The Morgan fingerprint density at radius 2 is 1.81 bits per heavy atom. The van der Waals surface area contributed by atoms with Crippen LogP contribution in [0.3, 0.4) is 0 Å². The second kappa shape index (κ2) is 7.14. The Labute approximate surface area is 167 Å². The van der Waals surface area contributed by atoms with E-state index in [0.29, 0.717) is 15.7 Å². The molecule has 2 aromatic carbocycles. The van der Waals surface area contributed by atoms with E-state index in [4.69, 9.17) is 23.8 Å². The molecule has 132 valence electrons. The summed E-state index contributed by atoms with van der Waals surface area (Å²) in [5, 5.41) is 5.67. The van der Waals surface area contributed by atoms with Gasteiger partial charge < -0.3 is 5.32 Å². The maximum absolute atomic E-state index is 12.3. The van der Waals surface area contributed by atoms with E-state index in [0.717, 1.165) is 4.90 Å². The highest BCUT2D eigenvalue weighted by atomic mass is 79.9. The molecule has 3 rings (SSSR count). The van der Waals surface area contributed by atoms with Crippen molar-refractivity contribution >= 4 is 68.3 Å². The Balaban J connectivity index is 1.73. The van der Waals surface area contributed by atoms with Crippen molar-refractivity contribution in [2.75, 3.05) is 12.4 Å². The van der Waals surface area contributed by atoms with Crippen molar-refractivity contribution in [3.8, 4) is 0 Å². The van der Waals surface area contributed by atoms with Gasteiger partial charge in [-0.25, -0.2) is 0 Å². The predicted molar refractivity (Wildman–Crippen MR) is 106 cm³/mol. The summed E-state index contributed by atoms with van der Waals surface area (Å²) >= 11 is 14.4. The van der Waals surface area contributed by atoms with Gasteiger partial charge >= 0.3 is 0 Å². The van der Waals surface area contributed by atoms with E-state index in [9.17, 15) is 14.4 Å². The summed E-state index contributed by atoms with van der Waals surface area (Å²) in [5.41, 5.74) is 1.36. The lowest BCUT2D eigenvalue weighted by atomic mass is 10.1. The fraction of sp³-hybridized carbons (Fsp3) is 0.0588. The van der Waals surface area contributed by atoms with Gasteiger partial charge in [-0.1, -0.05) is 27.5 Å². The lowest BCUT2D eigenvalue weighted by Gasteiger charge is -2.11. The predicted octanol–water partition coefficient (Wildman–Crippen LogP) is 3.46. The van der Waals surface area contributed by atoms with E-state index in [1.165, 1.54) is 19.2 Å². The maximum atomic E-state index is 12.3. The summed E-state index contributed by atoms with van der Waals surface area (Å²) in [6, 6.07) is 9.55. The summed E-state index contributed by atoms with van der Waals surface area (Å²) < 4.78 is 0.705. The van der Waals surface area contributed by atoms with Crippen LogP contribution in [0.4, 0.5) is 5.69 Å². The van der Waals surface area contributed by atoms with Crippen LogP contribution in [-0.4, -0.2) is 34.8 Å². The Morgan fingerprint density at radius 3 is 2.54 bits per heavy atom. The molecule has 2 aromatic rings. The first-order chi connectivity index (χ1) is 12.3. The van der Waals surface area contributed by atoms with Crippen LogP contribution in [0.2, 0.25) is 5.02 Å². The number of carbonyl (C=O) groups excluding carboxylic acids is 3. The molecule has 0 saturated heterocycles. The fourth-order valence-corrected chi connectivity index (χ4v) is 3.22. The first-order valence-electron chi connectivity index (χ1n) is 7.31. The molecule has 0 bridgehead atoms. The van der Waals surface area contributed by atoms with Crippen LogP contribution in [0.1, 0.15) is 31.1 Å². The Kier molecular flexibility index (Phi) is 5.08. The Morgan fingerprint density at radius 1 is 1.12 bits per heavy atom. The molecule has 0 aromatic heterocycles. The number of hydrogen-bond donors (Lipinski definition) is 2. The summed E-state index contributed by atoms with van der Waals surface area (Å²) in [5.74, 6) is -1.21. The summed E-state index contributed by atoms with van der Waals surface area (Å²) in [6.45, 7) is 0. The summed E-state index contributed by atoms with van der Waals surface area (Å²) in [4.78, 5) is 37.3. The molecule has 0 spiro atoms. The molecule has 0 fully saturated rings. The van der Waals surface area contributed by atoms with Gasteiger partial charge in [0.25, 0.3) is 17.7 Å². The van der Waals surface area contributed by atoms with Crippen LogP contribution in [0.5, 0.6) is 0 Å². The van der Waals surface area contributed by atoms with Crippen LogP contribution in [0.15, 0.2) is 40.9 Å².